The molecule has 0 fully saturated rings. The second kappa shape index (κ2) is 3.94. The lowest BCUT2D eigenvalue weighted by Gasteiger charge is -2.04. The summed E-state index contributed by atoms with van der Waals surface area (Å²) in [6.07, 6.45) is 0. The highest BCUT2D eigenvalue weighted by atomic mass is 15.0. The van der Waals surface area contributed by atoms with Gasteiger partial charge in [-0.2, -0.15) is 0 Å². The van der Waals surface area contributed by atoms with Crippen LogP contribution in [0.3, 0.4) is 0 Å². The molecule has 0 aliphatic carbocycles. The topological polar surface area (TPSA) is 66.0 Å². The van der Waals surface area contributed by atoms with Crippen molar-refractivity contribution in [1.82, 2.24) is 0 Å². The summed E-state index contributed by atoms with van der Waals surface area (Å²) < 4.78 is 0. The van der Waals surface area contributed by atoms with Gasteiger partial charge in [0.15, 0.2) is 0 Å². The molecule has 1 aromatic carbocycles. The molecule has 5 N–H and O–H groups in total. The summed E-state index contributed by atoms with van der Waals surface area (Å²) in [7, 11) is 0. The molecule has 0 saturated carbocycles. The van der Waals surface area contributed by atoms with Gasteiger partial charge >= 0.3 is 5.96 Å². The molecule has 0 radical (unpaired) electrons. The zero-order chi connectivity index (χ0) is 9.84. The molecule has 0 aromatic heterocycles. The average molecular weight is 178 g/mol. The fraction of sp³-hybridized carbons (Fsp3) is 0.300. The van der Waals surface area contributed by atoms with Crippen molar-refractivity contribution < 1.29 is 4.99 Å². The van der Waals surface area contributed by atoms with Gasteiger partial charge < -0.3 is 0 Å². The molecule has 1 aromatic rings. The van der Waals surface area contributed by atoms with Crippen molar-refractivity contribution >= 4 is 11.6 Å². The van der Waals surface area contributed by atoms with E-state index in [1.54, 1.807) is 0 Å². The van der Waals surface area contributed by atoms with E-state index in [-0.39, 0.29) is 5.96 Å². The molecule has 0 atom stereocenters. The smallest absolute Gasteiger partial charge is 0.291 e. The van der Waals surface area contributed by atoms with E-state index in [1.807, 2.05) is 18.2 Å². The van der Waals surface area contributed by atoms with Crippen molar-refractivity contribution in [1.29, 1.82) is 0 Å². The molecule has 1 rings (SSSR count). The number of guanidine groups is 1. The quantitative estimate of drug-likeness (QED) is 0.433. The van der Waals surface area contributed by atoms with Gasteiger partial charge in [-0.3, -0.25) is 11.5 Å². The third kappa shape index (κ3) is 2.78. The molecule has 0 aliphatic rings. The molecule has 0 amide bonds. The Kier molecular flexibility index (Phi) is 2.90. The maximum absolute atomic E-state index is 5.33. The van der Waals surface area contributed by atoms with Crippen LogP contribution in [-0.4, -0.2) is 5.96 Å². The summed E-state index contributed by atoms with van der Waals surface area (Å²) in [5.74, 6) is 0.738. The first-order valence-corrected chi connectivity index (χ1v) is 4.34. The molecule has 13 heavy (non-hydrogen) atoms. The molecular weight excluding hydrogens is 162 g/mol. The summed E-state index contributed by atoms with van der Waals surface area (Å²) in [6, 6.07) is 8.05. The molecule has 0 saturated heterocycles. The Labute approximate surface area is 78.5 Å². The fourth-order valence-corrected chi connectivity index (χ4v) is 1.14. The molecular formula is C10H16N3+. The molecule has 3 nitrogen and oxygen atoms in total. The first-order valence-electron chi connectivity index (χ1n) is 4.34. The monoisotopic (exact) mass is 178 g/mol. The normalized spacial score (nSPS) is 10.1. The third-order valence-electron chi connectivity index (χ3n) is 1.84. The molecule has 0 spiro atoms. The lowest BCUT2D eigenvalue weighted by atomic mass is 10.0. The van der Waals surface area contributed by atoms with E-state index < -0.39 is 0 Å². The van der Waals surface area contributed by atoms with Gasteiger partial charge in [0.2, 0.25) is 0 Å². The third-order valence-corrected chi connectivity index (χ3v) is 1.84. The van der Waals surface area contributed by atoms with Crippen LogP contribution in [0.5, 0.6) is 0 Å². The Morgan fingerprint density at radius 1 is 1.31 bits per heavy atom. The number of hydrogen-bond donors (Lipinski definition) is 3. The van der Waals surface area contributed by atoms with E-state index in [1.165, 1.54) is 5.56 Å². The van der Waals surface area contributed by atoms with Crippen molar-refractivity contribution in [2.45, 2.75) is 19.8 Å². The van der Waals surface area contributed by atoms with E-state index in [0.29, 0.717) is 5.92 Å². The molecule has 3 heteroatoms. The van der Waals surface area contributed by atoms with E-state index >= 15 is 0 Å². The first kappa shape index (κ1) is 9.58. The second-order valence-corrected chi connectivity index (χ2v) is 3.36. The lowest BCUT2D eigenvalue weighted by molar-refractivity contribution is -0.356. The van der Waals surface area contributed by atoms with Crippen molar-refractivity contribution in [2.75, 3.05) is 0 Å². The van der Waals surface area contributed by atoms with E-state index in [0.717, 1.165) is 5.69 Å². The van der Waals surface area contributed by atoms with Crippen molar-refractivity contribution in [2.24, 2.45) is 11.5 Å². The number of nitrogens with two attached hydrogens (primary N) is 2. The number of nitrogens with one attached hydrogen (secondary N) is 1. The van der Waals surface area contributed by atoms with Crippen LogP contribution in [0, 0.1) is 0 Å². The molecule has 0 heterocycles. The predicted octanol–water partition coefficient (Wildman–Crippen LogP) is -0.204. The van der Waals surface area contributed by atoms with Gasteiger partial charge in [-0.05, 0) is 23.6 Å². The predicted molar refractivity (Wildman–Crippen MR) is 54.5 cm³/mol. The van der Waals surface area contributed by atoms with Gasteiger partial charge in [-0.25, -0.2) is 4.99 Å². The van der Waals surface area contributed by atoms with Crippen LogP contribution in [0.15, 0.2) is 24.3 Å². The largest absolute Gasteiger partial charge is 0.343 e. The second-order valence-electron chi connectivity index (χ2n) is 3.36. The van der Waals surface area contributed by atoms with Crippen LogP contribution in [0.4, 0.5) is 5.69 Å². The van der Waals surface area contributed by atoms with Crippen molar-refractivity contribution in [3.05, 3.63) is 29.8 Å². The number of benzene rings is 1. The molecule has 0 bridgehead atoms. The Bertz CT molecular complexity index is 312. The van der Waals surface area contributed by atoms with Gasteiger partial charge in [-0.1, -0.05) is 26.0 Å². The minimum atomic E-state index is 0.223. The lowest BCUT2D eigenvalue weighted by Crippen LogP contribution is -2.72. The minimum absolute atomic E-state index is 0.223. The van der Waals surface area contributed by atoms with Crippen LogP contribution in [0.25, 0.3) is 0 Å². The summed E-state index contributed by atoms with van der Waals surface area (Å²) in [5.41, 5.74) is 12.9. The van der Waals surface area contributed by atoms with Gasteiger partial charge in [0.05, 0.1) is 5.69 Å². The zero-order valence-corrected chi connectivity index (χ0v) is 8.04. The van der Waals surface area contributed by atoms with Crippen molar-refractivity contribution in [3.63, 3.8) is 0 Å². The maximum atomic E-state index is 5.33. The number of hydrogen-bond acceptors (Lipinski definition) is 0. The van der Waals surface area contributed by atoms with Crippen LogP contribution < -0.4 is 16.5 Å². The highest BCUT2D eigenvalue weighted by Crippen LogP contribution is 2.15. The average Bonchev–Trinajstić information content (AvgIpc) is 2.03. The number of rotatable bonds is 2. The summed E-state index contributed by atoms with van der Waals surface area (Å²) in [6.45, 7) is 4.29. The van der Waals surface area contributed by atoms with Crippen molar-refractivity contribution in [3.8, 4) is 0 Å². The standard InChI is InChI=1S/C10H15N3/c1-7(2)8-4-3-5-9(6-8)13-10(11)12/h3-7H,1-2H3,(H4,11,12,13)/p+1. The minimum Gasteiger partial charge on any atom is -0.291 e. The Balaban J connectivity index is 2.99. The van der Waals surface area contributed by atoms with Crippen LogP contribution in [-0.2, 0) is 0 Å². The van der Waals surface area contributed by atoms with Gasteiger partial charge in [-0.15, -0.1) is 0 Å². The highest BCUT2D eigenvalue weighted by Gasteiger charge is 2.00. The molecule has 0 unspecified atom stereocenters. The molecule has 70 valence electrons. The van der Waals surface area contributed by atoms with E-state index in [9.17, 15) is 0 Å². The van der Waals surface area contributed by atoms with Gasteiger partial charge in [0.25, 0.3) is 0 Å². The molecule has 0 aliphatic heterocycles. The maximum Gasteiger partial charge on any atom is 0.343 e. The van der Waals surface area contributed by atoms with E-state index in [4.69, 9.17) is 11.5 Å². The van der Waals surface area contributed by atoms with Crippen LogP contribution in [0.2, 0.25) is 0 Å². The zero-order valence-electron chi connectivity index (χ0n) is 8.04. The summed E-state index contributed by atoms with van der Waals surface area (Å²) >= 11 is 0. The van der Waals surface area contributed by atoms with Crippen LogP contribution >= 0.6 is 0 Å². The first-order chi connectivity index (χ1) is 6.09. The van der Waals surface area contributed by atoms with Crippen LogP contribution in [0.1, 0.15) is 25.3 Å². The highest BCUT2D eigenvalue weighted by molar-refractivity contribution is 5.70. The summed E-state index contributed by atoms with van der Waals surface area (Å²) in [4.78, 5) is 2.87. The SMILES string of the molecule is CC(C)c1cccc([NH+]=C(N)N)c1. The Morgan fingerprint density at radius 3 is 2.54 bits per heavy atom. The van der Waals surface area contributed by atoms with Gasteiger partial charge in [0.1, 0.15) is 0 Å². The Morgan fingerprint density at radius 2 is 2.00 bits per heavy atom. The fourth-order valence-electron chi connectivity index (χ4n) is 1.14. The van der Waals surface area contributed by atoms with Gasteiger partial charge in [0, 0.05) is 0 Å². The Hall–Kier alpha value is -1.51. The summed E-state index contributed by atoms with van der Waals surface area (Å²) in [5, 5.41) is 0. The van der Waals surface area contributed by atoms with E-state index in [2.05, 4.69) is 24.9 Å².